The van der Waals surface area contributed by atoms with E-state index in [0.717, 1.165) is 0 Å². The van der Waals surface area contributed by atoms with Crippen molar-refractivity contribution in [1.82, 2.24) is 4.98 Å². The first-order chi connectivity index (χ1) is 6.94. The van der Waals surface area contributed by atoms with Crippen LogP contribution in [0.15, 0.2) is 18.3 Å². The Morgan fingerprint density at radius 2 is 1.67 bits per heavy atom. The highest BCUT2D eigenvalue weighted by Crippen LogP contribution is 2.29. The van der Waals surface area contributed by atoms with Crippen molar-refractivity contribution in [1.29, 1.82) is 0 Å². The molecule has 0 N–H and O–H groups in total. The zero-order chi connectivity index (χ0) is 12.1. The predicted molar refractivity (Wildman–Crippen MR) is 68.2 cm³/mol. The lowest BCUT2D eigenvalue weighted by Gasteiger charge is -2.28. The summed E-state index contributed by atoms with van der Waals surface area (Å²) in [7, 11) is 0. The summed E-state index contributed by atoms with van der Waals surface area (Å²) in [5.74, 6) is 0.614. The summed E-state index contributed by atoms with van der Waals surface area (Å²) in [5, 5.41) is 0. The van der Waals surface area contributed by atoms with Crippen LogP contribution in [0.2, 0.25) is 0 Å². The Bertz CT molecular complexity index is 270. The molecular formula is C14H25N. The number of hydrogen-bond acceptors (Lipinski definition) is 1. The topological polar surface area (TPSA) is 12.9 Å². The van der Waals surface area contributed by atoms with E-state index >= 15 is 0 Å². The molecule has 0 saturated heterocycles. The Morgan fingerprint density at radius 1 is 1.13 bits per heavy atom. The van der Waals surface area contributed by atoms with Crippen molar-refractivity contribution in [2.45, 2.75) is 53.9 Å². The van der Waals surface area contributed by atoms with Gasteiger partial charge >= 0.3 is 0 Å². The maximum Gasteiger partial charge on any atom is 0.0462 e. The summed E-state index contributed by atoms with van der Waals surface area (Å²) < 4.78 is 0. The van der Waals surface area contributed by atoms with Crippen LogP contribution >= 0.6 is 0 Å². The van der Waals surface area contributed by atoms with Crippen molar-refractivity contribution >= 4 is 0 Å². The molecule has 0 unspecified atom stereocenters. The van der Waals surface area contributed by atoms with Crippen LogP contribution in [0.5, 0.6) is 0 Å². The summed E-state index contributed by atoms with van der Waals surface area (Å²) in [6.07, 6.45) is 1.94. The van der Waals surface area contributed by atoms with Crippen molar-refractivity contribution in [2.75, 3.05) is 0 Å². The van der Waals surface area contributed by atoms with Gasteiger partial charge in [-0.1, -0.05) is 47.6 Å². The molecule has 0 atom stereocenters. The molecule has 0 radical (unpaired) electrons. The Labute approximate surface area is 94.9 Å². The first-order valence-corrected chi connectivity index (χ1v) is 5.87. The van der Waals surface area contributed by atoms with Crippen molar-refractivity contribution in [3.8, 4) is 0 Å². The van der Waals surface area contributed by atoms with Gasteiger partial charge in [-0.2, -0.15) is 0 Å². The quantitative estimate of drug-likeness (QED) is 0.702. The second kappa shape index (κ2) is 5.89. The lowest BCUT2D eigenvalue weighted by Crippen LogP contribution is -2.25. The van der Waals surface area contributed by atoms with Crippen LogP contribution in [-0.2, 0) is 5.41 Å². The maximum absolute atomic E-state index is 4.47. The minimum Gasteiger partial charge on any atom is -0.260 e. The normalized spacial score (nSPS) is 10.9. The monoisotopic (exact) mass is 207 g/mol. The van der Waals surface area contributed by atoms with Gasteiger partial charge in [-0.05, 0) is 24.5 Å². The van der Waals surface area contributed by atoms with E-state index in [2.05, 4.69) is 51.7 Å². The lowest BCUT2D eigenvalue weighted by molar-refractivity contribution is 0.362. The molecule has 1 aromatic heterocycles. The van der Waals surface area contributed by atoms with Gasteiger partial charge in [0.25, 0.3) is 0 Å². The highest BCUT2D eigenvalue weighted by molar-refractivity contribution is 5.19. The summed E-state index contributed by atoms with van der Waals surface area (Å²) in [5.41, 5.74) is 2.59. The van der Waals surface area contributed by atoms with Gasteiger partial charge in [-0.25, -0.2) is 0 Å². The first-order valence-electron chi connectivity index (χ1n) is 5.87. The van der Waals surface area contributed by atoms with Gasteiger partial charge in [-0.15, -0.1) is 0 Å². The summed E-state index contributed by atoms with van der Waals surface area (Å²) in [6.45, 7) is 15.0. The smallest absolute Gasteiger partial charge is 0.0462 e. The average molecular weight is 207 g/mol. The molecule has 1 rings (SSSR count). The van der Waals surface area contributed by atoms with Gasteiger partial charge in [0, 0.05) is 17.3 Å². The van der Waals surface area contributed by atoms with Gasteiger partial charge in [0.15, 0.2) is 0 Å². The number of aryl methyl sites for hydroxylation is 1. The molecule has 0 bridgehead atoms. The maximum atomic E-state index is 4.47. The van der Waals surface area contributed by atoms with Crippen LogP contribution in [0.4, 0.5) is 0 Å². The first kappa shape index (κ1) is 14.2. The minimum atomic E-state index is 0.174. The highest BCUT2D eigenvalue weighted by Gasteiger charge is 2.25. The van der Waals surface area contributed by atoms with E-state index in [1.165, 1.54) is 11.3 Å². The Hall–Kier alpha value is -0.850. The van der Waals surface area contributed by atoms with E-state index in [1.54, 1.807) is 0 Å². The molecule has 0 fully saturated rings. The summed E-state index contributed by atoms with van der Waals surface area (Å²) in [4.78, 5) is 4.47. The van der Waals surface area contributed by atoms with Gasteiger partial charge in [-0.3, -0.25) is 4.98 Å². The standard InChI is InChI=1S/C12H19N.C2H6/c1-9(2)12(4,5)11-7-6-10(3)8-13-11;1-2/h6-9H,1-5H3;1-2H3. The van der Waals surface area contributed by atoms with Crippen LogP contribution in [0.3, 0.4) is 0 Å². The van der Waals surface area contributed by atoms with E-state index in [1.807, 2.05) is 20.0 Å². The van der Waals surface area contributed by atoms with E-state index in [4.69, 9.17) is 0 Å². The number of nitrogens with zero attached hydrogens (tertiary/aromatic N) is 1. The average Bonchev–Trinajstić information content (AvgIpc) is 2.21. The minimum absolute atomic E-state index is 0.174. The molecule has 0 aliphatic rings. The van der Waals surface area contributed by atoms with Gasteiger partial charge in [0.05, 0.1) is 0 Å². The van der Waals surface area contributed by atoms with Crippen LogP contribution < -0.4 is 0 Å². The van der Waals surface area contributed by atoms with Crippen molar-refractivity contribution in [3.05, 3.63) is 29.6 Å². The van der Waals surface area contributed by atoms with Gasteiger partial charge in [0.2, 0.25) is 0 Å². The van der Waals surface area contributed by atoms with Gasteiger partial charge < -0.3 is 0 Å². The highest BCUT2D eigenvalue weighted by atomic mass is 14.7. The molecule has 0 aromatic carbocycles. The Balaban J connectivity index is 0.000000921. The predicted octanol–water partition coefficient (Wildman–Crippen LogP) is 4.35. The molecule has 1 aromatic rings. The molecule has 15 heavy (non-hydrogen) atoms. The van der Waals surface area contributed by atoms with Crippen molar-refractivity contribution in [2.24, 2.45) is 5.92 Å². The second-order valence-electron chi connectivity index (χ2n) is 4.60. The zero-order valence-corrected chi connectivity index (χ0v) is 11.3. The fourth-order valence-electron chi connectivity index (χ4n) is 1.14. The molecule has 0 aliphatic heterocycles. The molecule has 0 amide bonds. The van der Waals surface area contributed by atoms with Gasteiger partial charge in [0.1, 0.15) is 0 Å². The van der Waals surface area contributed by atoms with E-state index in [0.29, 0.717) is 5.92 Å². The molecule has 1 heterocycles. The van der Waals surface area contributed by atoms with Crippen LogP contribution in [-0.4, -0.2) is 4.98 Å². The molecule has 1 heteroatoms. The van der Waals surface area contributed by atoms with Crippen LogP contribution in [0.25, 0.3) is 0 Å². The number of rotatable bonds is 2. The number of pyridine rings is 1. The summed E-state index contributed by atoms with van der Waals surface area (Å²) in [6, 6.07) is 4.27. The Kier molecular flexibility index (Phi) is 5.56. The second-order valence-corrected chi connectivity index (χ2v) is 4.60. The largest absolute Gasteiger partial charge is 0.260 e. The van der Waals surface area contributed by atoms with Crippen molar-refractivity contribution < 1.29 is 0 Å². The molecule has 1 nitrogen and oxygen atoms in total. The SMILES string of the molecule is CC.Cc1ccc(C(C)(C)C(C)C)nc1. The molecular weight excluding hydrogens is 182 g/mol. The number of hydrogen-bond donors (Lipinski definition) is 0. The lowest BCUT2D eigenvalue weighted by atomic mass is 9.78. The third-order valence-electron chi connectivity index (χ3n) is 3.01. The van der Waals surface area contributed by atoms with E-state index < -0.39 is 0 Å². The van der Waals surface area contributed by atoms with Crippen molar-refractivity contribution in [3.63, 3.8) is 0 Å². The fourth-order valence-corrected chi connectivity index (χ4v) is 1.14. The van der Waals surface area contributed by atoms with E-state index in [-0.39, 0.29) is 5.41 Å². The third-order valence-corrected chi connectivity index (χ3v) is 3.01. The summed E-state index contributed by atoms with van der Waals surface area (Å²) >= 11 is 0. The molecule has 0 saturated carbocycles. The molecule has 0 aliphatic carbocycles. The molecule has 0 spiro atoms. The molecule has 86 valence electrons. The van der Waals surface area contributed by atoms with Crippen LogP contribution in [0, 0.1) is 12.8 Å². The third kappa shape index (κ3) is 3.65. The number of aromatic nitrogens is 1. The zero-order valence-electron chi connectivity index (χ0n) is 11.3. The van der Waals surface area contributed by atoms with E-state index in [9.17, 15) is 0 Å². The fraction of sp³-hybridized carbons (Fsp3) is 0.643. The Morgan fingerprint density at radius 3 is 2.00 bits per heavy atom. The van der Waals surface area contributed by atoms with Crippen LogP contribution in [0.1, 0.15) is 52.8 Å².